The molecule has 1 aromatic carbocycles. The summed E-state index contributed by atoms with van der Waals surface area (Å²) in [6, 6.07) is 10.3. The van der Waals surface area contributed by atoms with E-state index in [-0.39, 0.29) is 0 Å². The van der Waals surface area contributed by atoms with E-state index >= 15 is 0 Å². The van der Waals surface area contributed by atoms with Gasteiger partial charge in [0.05, 0.1) is 5.56 Å². The Hall–Kier alpha value is -1.75. The van der Waals surface area contributed by atoms with Crippen LogP contribution in [0.1, 0.15) is 25.3 Å². The monoisotopic (exact) mass is 198 g/mol. The number of nitrogens with zero attached hydrogens (tertiary/aromatic N) is 2. The minimum absolute atomic E-state index is 0.779. The predicted molar refractivity (Wildman–Crippen MR) is 61.6 cm³/mol. The van der Waals surface area contributed by atoms with Crippen LogP contribution in [0.15, 0.2) is 30.5 Å². The lowest BCUT2D eigenvalue weighted by Crippen LogP contribution is -1.94. The van der Waals surface area contributed by atoms with Gasteiger partial charge in [-0.25, -0.2) is 0 Å². The highest BCUT2D eigenvalue weighted by Crippen LogP contribution is 2.20. The molecule has 2 rings (SSSR count). The topological polar surface area (TPSA) is 28.7 Å². The Balaban J connectivity index is 2.51. The molecule has 0 aliphatic rings. The van der Waals surface area contributed by atoms with Gasteiger partial charge in [0.2, 0.25) is 0 Å². The van der Waals surface area contributed by atoms with Crippen molar-refractivity contribution >= 4 is 10.9 Å². The maximum absolute atomic E-state index is 9.01. The fraction of sp³-hybridized carbons (Fsp3) is 0.308. The van der Waals surface area contributed by atoms with Gasteiger partial charge in [0, 0.05) is 23.6 Å². The first-order chi connectivity index (χ1) is 7.36. The molecule has 0 amide bonds. The molecular weight excluding hydrogens is 184 g/mol. The number of fused-ring (bicyclic) bond motifs is 1. The molecule has 0 fully saturated rings. The molecule has 0 saturated carbocycles. The highest BCUT2D eigenvalue weighted by molar-refractivity contribution is 5.86. The normalized spacial score (nSPS) is 10.4. The molecule has 2 heteroatoms. The van der Waals surface area contributed by atoms with Gasteiger partial charge >= 0.3 is 0 Å². The van der Waals surface area contributed by atoms with Crippen molar-refractivity contribution in [2.45, 2.75) is 26.3 Å². The van der Waals surface area contributed by atoms with Crippen molar-refractivity contribution in [3.05, 3.63) is 36.0 Å². The summed E-state index contributed by atoms with van der Waals surface area (Å²) < 4.78 is 2.18. The van der Waals surface area contributed by atoms with Gasteiger partial charge in [0.25, 0.3) is 0 Å². The van der Waals surface area contributed by atoms with E-state index in [0.29, 0.717) is 0 Å². The highest BCUT2D eigenvalue weighted by atomic mass is 15.0. The average molecular weight is 198 g/mol. The van der Waals surface area contributed by atoms with Gasteiger partial charge < -0.3 is 4.57 Å². The molecule has 0 aliphatic heterocycles. The molecule has 0 unspecified atom stereocenters. The number of hydrogen-bond acceptors (Lipinski definition) is 1. The van der Waals surface area contributed by atoms with Crippen LogP contribution in [0.5, 0.6) is 0 Å². The van der Waals surface area contributed by atoms with Crippen LogP contribution in [-0.2, 0) is 6.54 Å². The highest BCUT2D eigenvalue weighted by Gasteiger charge is 2.06. The van der Waals surface area contributed by atoms with Gasteiger partial charge in [-0.2, -0.15) is 5.26 Å². The van der Waals surface area contributed by atoms with E-state index in [4.69, 9.17) is 5.26 Å². The van der Waals surface area contributed by atoms with Crippen molar-refractivity contribution < 1.29 is 0 Å². The maximum Gasteiger partial charge on any atom is 0.101 e. The van der Waals surface area contributed by atoms with Crippen molar-refractivity contribution in [3.8, 4) is 6.07 Å². The third-order valence-corrected chi connectivity index (χ3v) is 2.66. The Morgan fingerprint density at radius 3 is 2.87 bits per heavy atom. The Bertz CT molecular complexity index is 503. The van der Waals surface area contributed by atoms with Gasteiger partial charge in [0.15, 0.2) is 0 Å². The smallest absolute Gasteiger partial charge is 0.101 e. The second-order valence-corrected chi connectivity index (χ2v) is 3.72. The summed E-state index contributed by atoms with van der Waals surface area (Å²) in [5, 5.41) is 10.1. The lowest BCUT2D eigenvalue weighted by atomic mass is 10.2. The van der Waals surface area contributed by atoms with Crippen LogP contribution in [0.3, 0.4) is 0 Å². The number of para-hydroxylation sites is 1. The summed E-state index contributed by atoms with van der Waals surface area (Å²) in [7, 11) is 0. The molecule has 0 atom stereocenters. The number of hydrogen-bond donors (Lipinski definition) is 0. The van der Waals surface area contributed by atoms with Crippen LogP contribution in [-0.4, -0.2) is 4.57 Å². The molecule has 0 bridgehead atoms. The summed E-state index contributed by atoms with van der Waals surface area (Å²) in [6.07, 6.45) is 4.29. The summed E-state index contributed by atoms with van der Waals surface area (Å²) in [5.41, 5.74) is 1.95. The Morgan fingerprint density at radius 1 is 1.33 bits per heavy atom. The number of unbranched alkanes of at least 4 members (excludes halogenated alkanes) is 1. The second kappa shape index (κ2) is 4.18. The number of benzene rings is 1. The molecule has 2 nitrogen and oxygen atoms in total. The van der Waals surface area contributed by atoms with Crippen LogP contribution >= 0.6 is 0 Å². The Kier molecular flexibility index (Phi) is 2.73. The number of nitriles is 1. The molecule has 0 aliphatic carbocycles. The van der Waals surface area contributed by atoms with Crippen molar-refractivity contribution in [2.24, 2.45) is 0 Å². The predicted octanol–water partition coefficient (Wildman–Crippen LogP) is 3.31. The quantitative estimate of drug-likeness (QED) is 0.743. The van der Waals surface area contributed by atoms with Crippen LogP contribution in [0, 0.1) is 11.3 Å². The molecule has 0 spiro atoms. The standard InChI is InChI=1S/C13H14N2/c1-2-3-8-15-10-11(9-14)12-6-4-5-7-13(12)15/h4-7,10H,2-3,8H2,1H3. The summed E-state index contributed by atoms with van der Waals surface area (Å²) in [6.45, 7) is 3.18. The zero-order chi connectivity index (χ0) is 10.7. The molecule has 2 aromatic rings. The zero-order valence-corrected chi connectivity index (χ0v) is 8.90. The zero-order valence-electron chi connectivity index (χ0n) is 8.90. The van der Waals surface area contributed by atoms with Crippen LogP contribution in [0.2, 0.25) is 0 Å². The third-order valence-electron chi connectivity index (χ3n) is 2.66. The van der Waals surface area contributed by atoms with E-state index in [1.165, 1.54) is 11.9 Å². The first-order valence-corrected chi connectivity index (χ1v) is 5.34. The largest absolute Gasteiger partial charge is 0.346 e. The van der Waals surface area contributed by atoms with E-state index in [1.807, 2.05) is 24.4 Å². The third kappa shape index (κ3) is 1.73. The van der Waals surface area contributed by atoms with E-state index in [9.17, 15) is 0 Å². The first kappa shape index (κ1) is 9.79. The van der Waals surface area contributed by atoms with E-state index < -0.39 is 0 Å². The van der Waals surface area contributed by atoms with E-state index in [2.05, 4.69) is 23.6 Å². The maximum atomic E-state index is 9.01. The number of aryl methyl sites for hydroxylation is 1. The average Bonchev–Trinajstić information content (AvgIpc) is 2.65. The van der Waals surface area contributed by atoms with Crippen LogP contribution in [0.25, 0.3) is 10.9 Å². The molecule has 1 aromatic heterocycles. The van der Waals surface area contributed by atoms with Gasteiger partial charge in [0.1, 0.15) is 6.07 Å². The Labute approximate surface area is 89.7 Å². The van der Waals surface area contributed by atoms with Crippen LogP contribution < -0.4 is 0 Å². The van der Waals surface area contributed by atoms with Crippen molar-refractivity contribution in [1.29, 1.82) is 5.26 Å². The summed E-state index contributed by atoms with van der Waals surface area (Å²) in [4.78, 5) is 0. The number of rotatable bonds is 3. The van der Waals surface area contributed by atoms with Crippen molar-refractivity contribution in [1.82, 2.24) is 4.57 Å². The fourth-order valence-electron chi connectivity index (χ4n) is 1.85. The molecule has 15 heavy (non-hydrogen) atoms. The lowest BCUT2D eigenvalue weighted by molar-refractivity contribution is 0.650. The molecule has 76 valence electrons. The fourth-order valence-corrected chi connectivity index (χ4v) is 1.85. The lowest BCUT2D eigenvalue weighted by Gasteiger charge is -2.02. The molecule has 0 N–H and O–H groups in total. The molecular formula is C13H14N2. The van der Waals surface area contributed by atoms with Gasteiger partial charge in [-0.1, -0.05) is 31.5 Å². The summed E-state index contributed by atoms with van der Waals surface area (Å²) >= 11 is 0. The van der Waals surface area contributed by atoms with Crippen molar-refractivity contribution in [3.63, 3.8) is 0 Å². The van der Waals surface area contributed by atoms with Gasteiger partial charge in [-0.3, -0.25) is 0 Å². The number of aromatic nitrogens is 1. The van der Waals surface area contributed by atoms with Gasteiger partial charge in [-0.15, -0.1) is 0 Å². The molecule has 0 radical (unpaired) electrons. The first-order valence-electron chi connectivity index (χ1n) is 5.34. The van der Waals surface area contributed by atoms with Crippen LogP contribution in [0.4, 0.5) is 0 Å². The van der Waals surface area contributed by atoms with E-state index in [1.54, 1.807) is 0 Å². The molecule has 0 saturated heterocycles. The minimum atomic E-state index is 0.779. The van der Waals surface area contributed by atoms with Gasteiger partial charge in [-0.05, 0) is 12.5 Å². The molecule has 1 heterocycles. The SMILES string of the molecule is CCCCn1cc(C#N)c2ccccc21. The minimum Gasteiger partial charge on any atom is -0.346 e. The second-order valence-electron chi connectivity index (χ2n) is 3.72. The van der Waals surface area contributed by atoms with Crippen molar-refractivity contribution in [2.75, 3.05) is 0 Å². The Morgan fingerprint density at radius 2 is 2.13 bits per heavy atom. The van der Waals surface area contributed by atoms with E-state index in [0.717, 1.165) is 23.9 Å². The summed E-state index contributed by atoms with van der Waals surface area (Å²) in [5.74, 6) is 0.